The Balaban J connectivity index is 1.59. The molecular formula is C19H26N2O4S. The van der Waals surface area contributed by atoms with Crippen molar-refractivity contribution in [3.8, 4) is 0 Å². The van der Waals surface area contributed by atoms with E-state index in [1.54, 1.807) is 13.4 Å². The van der Waals surface area contributed by atoms with Crippen LogP contribution in [-0.4, -0.2) is 45.6 Å². The molecule has 6 nitrogen and oxygen atoms in total. The van der Waals surface area contributed by atoms with Gasteiger partial charge in [0.05, 0.1) is 12.4 Å². The van der Waals surface area contributed by atoms with Gasteiger partial charge < -0.3 is 9.15 Å². The van der Waals surface area contributed by atoms with Gasteiger partial charge in [-0.05, 0) is 37.0 Å². The van der Waals surface area contributed by atoms with Gasteiger partial charge in [0, 0.05) is 32.7 Å². The van der Waals surface area contributed by atoms with Gasteiger partial charge in [-0.15, -0.1) is 0 Å². The van der Waals surface area contributed by atoms with Crippen LogP contribution < -0.4 is 4.72 Å². The highest BCUT2D eigenvalue weighted by molar-refractivity contribution is 7.87. The maximum Gasteiger partial charge on any atom is 0.279 e. The van der Waals surface area contributed by atoms with Crippen LogP contribution in [0.3, 0.4) is 0 Å². The SMILES string of the molecule is COC1CCN(S(=O)(=O)NCCC(c2ccccc2)c2ccco2)CC1. The highest BCUT2D eigenvalue weighted by Crippen LogP contribution is 2.28. The average molecular weight is 378 g/mol. The molecule has 0 amide bonds. The number of hydrogen-bond acceptors (Lipinski definition) is 4. The number of hydrogen-bond donors (Lipinski definition) is 1. The number of nitrogens with zero attached hydrogens (tertiary/aromatic N) is 1. The summed E-state index contributed by atoms with van der Waals surface area (Å²) in [5.41, 5.74) is 1.11. The molecule has 1 atom stereocenters. The van der Waals surface area contributed by atoms with E-state index in [4.69, 9.17) is 9.15 Å². The Labute approximate surface area is 155 Å². The van der Waals surface area contributed by atoms with E-state index in [1.807, 2.05) is 42.5 Å². The van der Waals surface area contributed by atoms with Gasteiger partial charge in [-0.1, -0.05) is 30.3 Å². The Morgan fingerprint density at radius 3 is 2.54 bits per heavy atom. The van der Waals surface area contributed by atoms with E-state index in [9.17, 15) is 8.42 Å². The highest BCUT2D eigenvalue weighted by Gasteiger charge is 2.28. The third kappa shape index (κ3) is 4.73. The van der Waals surface area contributed by atoms with Gasteiger partial charge in [0.1, 0.15) is 5.76 Å². The van der Waals surface area contributed by atoms with Crippen molar-refractivity contribution >= 4 is 10.2 Å². The van der Waals surface area contributed by atoms with E-state index < -0.39 is 10.2 Å². The smallest absolute Gasteiger partial charge is 0.279 e. The van der Waals surface area contributed by atoms with E-state index in [2.05, 4.69) is 4.72 Å². The summed E-state index contributed by atoms with van der Waals surface area (Å²) in [6, 6.07) is 13.8. The van der Waals surface area contributed by atoms with E-state index in [0.29, 0.717) is 26.1 Å². The van der Waals surface area contributed by atoms with Crippen LogP contribution in [0.15, 0.2) is 53.1 Å². The molecule has 1 unspecified atom stereocenters. The normalized spacial score (nSPS) is 18.0. The summed E-state index contributed by atoms with van der Waals surface area (Å²) in [6.45, 7) is 1.34. The summed E-state index contributed by atoms with van der Waals surface area (Å²) in [5.74, 6) is 0.865. The lowest BCUT2D eigenvalue weighted by atomic mass is 9.93. The third-order valence-corrected chi connectivity index (χ3v) is 6.49. The van der Waals surface area contributed by atoms with Crippen molar-refractivity contribution in [3.63, 3.8) is 0 Å². The van der Waals surface area contributed by atoms with Gasteiger partial charge in [-0.3, -0.25) is 0 Å². The minimum Gasteiger partial charge on any atom is -0.469 e. The van der Waals surface area contributed by atoms with Crippen LogP contribution in [0.25, 0.3) is 0 Å². The summed E-state index contributed by atoms with van der Waals surface area (Å²) in [6.07, 6.45) is 3.90. The molecule has 2 aromatic rings. The molecule has 0 aliphatic carbocycles. The first kappa shape index (κ1) is 19.1. The van der Waals surface area contributed by atoms with Crippen LogP contribution >= 0.6 is 0 Å². The fraction of sp³-hybridized carbons (Fsp3) is 0.474. The topological polar surface area (TPSA) is 71.8 Å². The van der Waals surface area contributed by atoms with Gasteiger partial charge in [-0.2, -0.15) is 12.7 Å². The standard InChI is InChI=1S/C19H26N2O4S/c1-24-17-10-13-21(14-11-17)26(22,23)20-12-9-18(19-8-5-15-25-19)16-6-3-2-4-7-16/h2-8,15,17-18,20H,9-14H2,1H3. The number of nitrogens with one attached hydrogen (secondary N) is 1. The van der Waals surface area contributed by atoms with Crippen molar-refractivity contribution in [2.24, 2.45) is 0 Å². The van der Waals surface area contributed by atoms with E-state index in [-0.39, 0.29) is 12.0 Å². The fourth-order valence-corrected chi connectivity index (χ4v) is 4.63. The molecule has 1 N–H and O–H groups in total. The molecule has 0 radical (unpaired) electrons. The second kappa shape index (κ2) is 8.81. The lowest BCUT2D eigenvalue weighted by Gasteiger charge is -2.30. The molecule has 1 aliphatic rings. The minimum atomic E-state index is -3.46. The van der Waals surface area contributed by atoms with E-state index >= 15 is 0 Å². The first-order chi connectivity index (χ1) is 12.6. The summed E-state index contributed by atoms with van der Waals surface area (Å²) in [5, 5.41) is 0. The Morgan fingerprint density at radius 2 is 1.92 bits per heavy atom. The lowest BCUT2D eigenvalue weighted by molar-refractivity contribution is 0.0602. The van der Waals surface area contributed by atoms with Crippen molar-refractivity contribution in [2.45, 2.75) is 31.3 Å². The molecule has 0 spiro atoms. The largest absolute Gasteiger partial charge is 0.469 e. The van der Waals surface area contributed by atoms with Crippen LogP contribution in [0.5, 0.6) is 0 Å². The van der Waals surface area contributed by atoms with Crippen LogP contribution in [0.1, 0.15) is 36.5 Å². The van der Waals surface area contributed by atoms with Crippen molar-refractivity contribution in [3.05, 3.63) is 60.1 Å². The first-order valence-corrected chi connectivity index (χ1v) is 10.4. The van der Waals surface area contributed by atoms with Gasteiger partial charge in [0.2, 0.25) is 0 Å². The number of rotatable bonds is 8. The summed E-state index contributed by atoms with van der Waals surface area (Å²) < 4.78 is 40.2. The average Bonchev–Trinajstić information content (AvgIpc) is 3.20. The Kier molecular flexibility index (Phi) is 6.48. The zero-order chi connectivity index (χ0) is 18.4. The molecule has 7 heteroatoms. The number of furan rings is 1. The van der Waals surface area contributed by atoms with E-state index in [0.717, 1.165) is 24.2 Å². The molecule has 26 heavy (non-hydrogen) atoms. The molecule has 0 bridgehead atoms. The third-order valence-electron chi connectivity index (χ3n) is 4.88. The maximum absolute atomic E-state index is 12.5. The number of ether oxygens (including phenoxy) is 1. The first-order valence-electron chi connectivity index (χ1n) is 8.96. The quantitative estimate of drug-likeness (QED) is 0.767. The van der Waals surface area contributed by atoms with Crippen LogP contribution in [0.2, 0.25) is 0 Å². The molecule has 1 fully saturated rings. The monoisotopic (exact) mass is 378 g/mol. The highest BCUT2D eigenvalue weighted by atomic mass is 32.2. The predicted octanol–water partition coefficient (Wildman–Crippen LogP) is 2.75. The molecule has 142 valence electrons. The van der Waals surface area contributed by atoms with Crippen LogP contribution in [0, 0.1) is 0 Å². The maximum atomic E-state index is 12.5. The summed E-state index contributed by atoms with van der Waals surface area (Å²) in [4.78, 5) is 0. The molecule has 1 aromatic heterocycles. The van der Waals surface area contributed by atoms with Crippen molar-refractivity contribution in [2.75, 3.05) is 26.7 Å². The van der Waals surface area contributed by atoms with Crippen LogP contribution in [0.4, 0.5) is 0 Å². The minimum absolute atomic E-state index is 0.0214. The Morgan fingerprint density at radius 1 is 1.19 bits per heavy atom. The number of methoxy groups -OCH3 is 1. The van der Waals surface area contributed by atoms with Crippen molar-refractivity contribution < 1.29 is 17.6 Å². The molecule has 0 saturated carbocycles. The Bertz CT molecular complexity index is 754. The molecule has 1 aliphatic heterocycles. The van der Waals surface area contributed by atoms with Gasteiger partial charge >= 0.3 is 0 Å². The van der Waals surface area contributed by atoms with Crippen molar-refractivity contribution in [1.29, 1.82) is 0 Å². The second-order valence-corrected chi connectivity index (χ2v) is 8.26. The second-order valence-electron chi connectivity index (χ2n) is 6.50. The van der Waals surface area contributed by atoms with E-state index in [1.165, 1.54) is 4.31 Å². The molecule has 1 aromatic carbocycles. The van der Waals surface area contributed by atoms with Gasteiger partial charge in [-0.25, -0.2) is 4.72 Å². The predicted molar refractivity (Wildman–Crippen MR) is 100 cm³/mol. The van der Waals surface area contributed by atoms with Crippen LogP contribution in [-0.2, 0) is 14.9 Å². The van der Waals surface area contributed by atoms with Gasteiger partial charge in [0.25, 0.3) is 10.2 Å². The summed E-state index contributed by atoms with van der Waals surface area (Å²) >= 11 is 0. The number of benzene rings is 1. The molecule has 1 saturated heterocycles. The zero-order valence-corrected chi connectivity index (χ0v) is 15.8. The number of piperidine rings is 1. The zero-order valence-electron chi connectivity index (χ0n) is 15.0. The molecule has 2 heterocycles. The Hall–Kier alpha value is -1.67. The summed E-state index contributed by atoms with van der Waals surface area (Å²) in [7, 11) is -1.79. The molecular weight excluding hydrogens is 352 g/mol. The lowest BCUT2D eigenvalue weighted by Crippen LogP contribution is -2.46. The fourth-order valence-electron chi connectivity index (χ4n) is 3.38. The molecule has 3 rings (SSSR count). The van der Waals surface area contributed by atoms with Gasteiger partial charge in [0.15, 0.2) is 0 Å². The van der Waals surface area contributed by atoms with Crippen molar-refractivity contribution in [1.82, 2.24) is 9.03 Å².